The number of benzene rings is 1. The maximum atomic E-state index is 5.24. The number of aryl methyl sites for hydroxylation is 1. The first kappa shape index (κ1) is 15.0. The molecule has 0 amide bonds. The number of nitrogens with one attached hydrogen (secondary N) is 2. The highest BCUT2D eigenvalue weighted by molar-refractivity contribution is 7.80. The highest BCUT2D eigenvalue weighted by Crippen LogP contribution is 2.33. The van der Waals surface area contributed by atoms with Gasteiger partial charge in [-0.3, -0.25) is 0 Å². The molecule has 3 heteroatoms. The van der Waals surface area contributed by atoms with E-state index in [-0.39, 0.29) is 0 Å². The Morgan fingerprint density at radius 3 is 1.83 bits per heavy atom. The SMILES string of the molecule is CNC(=S)Nc1c(C(C)C)cc(C)cc1C(C)C. The van der Waals surface area contributed by atoms with Crippen molar-refractivity contribution in [1.29, 1.82) is 0 Å². The van der Waals surface area contributed by atoms with Crippen LogP contribution in [0.4, 0.5) is 5.69 Å². The first-order valence-corrected chi connectivity index (χ1v) is 6.90. The van der Waals surface area contributed by atoms with Crippen molar-refractivity contribution < 1.29 is 0 Å². The molecular formula is C15H24N2S. The van der Waals surface area contributed by atoms with Crippen LogP contribution in [0.5, 0.6) is 0 Å². The second-order valence-corrected chi connectivity index (χ2v) is 5.74. The van der Waals surface area contributed by atoms with Crippen LogP contribution in [0.3, 0.4) is 0 Å². The highest BCUT2D eigenvalue weighted by Gasteiger charge is 2.15. The van der Waals surface area contributed by atoms with Crippen molar-refractivity contribution in [3.63, 3.8) is 0 Å². The van der Waals surface area contributed by atoms with Gasteiger partial charge >= 0.3 is 0 Å². The molecule has 0 atom stereocenters. The van der Waals surface area contributed by atoms with Gasteiger partial charge in [0.2, 0.25) is 0 Å². The van der Waals surface area contributed by atoms with Crippen LogP contribution in [-0.4, -0.2) is 12.2 Å². The predicted octanol–water partition coefficient (Wildman–Crippen LogP) is 4.16. The van der Waals surface area contributed by atoms with E-state index in [0.29, 0.717) is 16.9 Å². The van der Waals surface area contributed by atoms with Crippen molar-refractivity contribution in [2.45, 2.75) is 46.5 Å². The van der Waals surface area contributed by atoms with Gasteiger partial charge in [-0.25, -0.2) is 0 Å². The van der Waals surface area contributed by atoms with Crippen LogP contribution in [0, 0.1) is 6.92 Å². The molecule has 1 rings (SSSR count). The molecule has 18 heavy (non-hydrogen) atoms. The quantitative estimate of drug-likeness (QED) is 0.802. The molecular weight excluding hydrogens is 240 g/mol. The largest absolute Gasteiger partial charge is 0.366 e. The van der Waals surface area contributed by atoms with E-state index in [1.807, 2.05) is 7.05 Å². The summed E-state index contributed by atoms with van der Waals surface area (Å²) in [6, 6.07) is 4.49. The van der Waals surface area contributed by atoms with Gasteiger partial charge in [-0.05, 0) is 42.1 Å². The Kier molecular flexibility index (Phi) is 5.15. The topological polar surface area (TPSA) is 24.1 Å². The molecule has 0 radical (unpaired) electrons. The van der Waals surface area contributed by atoms with Gasteiger partial charge in [0.25, 0.3) is 0 Å². The Labute approximate surface area is 116 Å². The minimum absolute atomic E-state index is 0.476. The predicted molar refractivity (Wildman–Crippen MR) is 84.6 cm³/mol. The number of hydrogen-bond donors (Lipinski definition) is 2. The van der Waals surface area contributed by atoms with Gasteiger partial charge in [-0.15, -0.1) is 0 Å². The van der Waals surface area contributed by atoms with E-state index in [1.54, 1.807) is 0 Å². The van der Waals surface area contributed by atoms with Crippen LogP contribution in [0.15, 0.2) is 12.1 Å². The highest BCUT2D eigenvalue weighted by atomic mass is 32.1. The zero-order valence-corrected chi connectivity index (χ0v) is 13.0. The van der Waals surface area contributed by atoms with Crippen molar-refractivity contribution >= 4 is 23.0 Å². The fraction of sp³-hybridized carbons (Fsp3) is 0.533. The van der Waals surface area contributed by atoms with Crippen LogP contribution in [0.25, 0.3) is 0 Å². The standard InChI is InChI=1S/C15H24N2S/c1-9(2)12-7-11(5)8-13(10(3)4)14(12)17-15(18)16-6/h7-10H,1-6H3,(H2,16,17,18). The molecule has 0 aliphatic heterocycles. The van der Waals surface area contributed by atoms with E-state index >= 15 is 0 Å². The van der Waals surface area contributed by atoms with Crippen LogP contribution in [0.2, 0.25) is 0 Å². The fourth-order valence-corrected chi connectivity index (χ4v) is 2.18. The maximum Gasteiger partial charge on any atom is 0.170 e. The first-order chi connectivity index (χ1) is 8.36. The molecule has 0 unspecified atom stereocenters. The number of hydrogen-bond acceptors (Lipinski definition) is 1. The summed E-state index contributed by atoms with van der Waals surface area (Å²) in [6.07, 6.45) is 0. The average molecular weight is 264 g/mol. The molecule has 1 aromatic carbocycles. The van der Waals surface area contributed by atoms with E-state index in [1.165, 1.54) is 22.4 Å². The van der Waals surface area contributed by atoms with Gasteiger partial charge in [-0.2, -0.15) is 0 Å². The zero-order chi connectivity index (χ0) is 13.9. The lowest BCUT2D eigenvalue weighted by Crippen LogP contribution is -2.25. The van der Waals surface area contributed by atoms with Gasteiger partial charge < -0.3 is 10.6 Å². The third-order valence-corrected chi connectivity index (χ3v) is 3.36. The van der Waals surface area contributed by atoms with Gasteiger partial charge in [0, 0.05) is 12.7 Å². The molecule has 2 nitrogen and oxygen atoms in total. The molecule has 0 spiro atoms. The molecule has 1 aromatic rings. The monoisotopic (exact) mass is 264 g/mol. The molecule has 0 bridgehead atoms. The molecule has 0 heterocycles. The summed E-state index contributed by atoms with van der Waals surface area (Å²) >= 11 is 5.24. The van der Waals surface area contributed by atoms with Crippen molar-refractivity contribution in [3.05, 3.63) is 28.8 Å². The molecule has 0 aliphatic rings. The zero-order valence-electron chi connectivity index (χ0n) is 12.2. The van der Waals surface area contributed by atoms with E-state index < -0.39 is 0 Å². The minimum atomic E-state index is 0.476. The molecule has 100 valence electrons. The van der Waals surface area contributed by atoms with Crippen LogP contribution < -0.4 is 10.6 Å². The molecule has 0 aliphatic carbocycles. The molecule has 2 N–H and O–H groups in total. The Morgan fingerprint density at radius 2 is 1.50 bits per heavy atom. The summed E-state index contributed by atoms with van der Waals surface area (Å²) in [5, 5.41) is 6.99. The van der Waals surface area contributed by atoms with E-state index in [9.17, 15) is 0 Å². The second-order valence-electron chi connectivity index (χ2n) is 5.33. The summed E-state index contributed by atoms with van der Waals surface area (Å²) in [7, 11) is 1.84. The number of thiocarbonyl (C=S) groups is 1. The third-order valence-electron chi connectivity index (χ3n) is 3.05. The Morgan fingerprint density at radius 1 is 1.06 bits per heavy atom. The van der Waals surface area contributed by atoms with E-state index in [2.05, 4.69) is 57.4 Å². The average Bonchev–Trinajstić information content (AvgIpc) is 2.29. The Hall–Kier alpha value is -1.09. The Balaban J connectivity index is 3.36. The lowest BCUT2D eigenvalue weighted by atomic mass is 9.90. The van der Waals surface area contributed by atoms with Crippen LogP contribution in [0.1, 0.15) is 56.2 Å². The summed E-state index contributed by atoms with van der Waals surface area (Å²) in [5.74, 6) is 0.953. The van der Waals surface area contributed by atoms with Gasteiger partial charge in [-0.1, -0.05) is 45.4 Å². The second kappa shape index (κ2) is 6.19. The van der Waals surface area contributed by atoms with Crippen molar-refractivity contribution in [2.24, 2.45) is 0 Å². The van der Waals surface area contributed by atoms with Gasteiger partial charge in [0.05, 0.1) is 0 Å². The molecule has 0 aromatic heterocycles. The lowest BCUT2D eigenvalue weighted by Gasteiger charge is -2.22. The first-order valence-electron chi connectivity index (χ1n) is 6.50. The van der Waals surface area contributed by atoms with Gasteiger partial charge in [0.1, 0.15) is 0 Å². The number of anilines is 1. The van der Waals surface area contributed by atoms with E-state index in [0.717, 1.165) is 0 Å². The molecule has 0 fully saturated rings. The minimum Gasteiger partial charge on any atom is -0.366 e. The summed E-state index contributed by atoms with van der Waals surface area (Å²) < 4.78 is 0. The molecule has 0 saturated carbocycles. The van der Waals surface area contributed by atoms with Crippen molar-refractivity contribution in [3.8, 4) is 0 Å². The fourth-order valence-electron chi connectivity index (χ4n) is 2.07. The Bertz CT molecular complexity index is 407. The van der Waals surface area contributed by atoms with Gasteiger partial charge in [0.15, 0.2) is 5.11 Å². The summed E-state index contributed by atoms with van der Waals surface area (Å²) in [4.78, 5) is 0. The number of rotatable bonds is 3. The van der Waals surface area contributed by atoms with E-state index in [4.69, 9.17) is 12.2 Å². The lowest BCUT2D eigenvalue weighted by molar-refractivity contribution is 0.835. The van der Waals surface area contributed by atoms with Crippen molar-refractivity contribution in [2.75, 3.05) is 12.4 Å². The van der Waals surface area contributed by atoms with Crippen LogP contribution >= 0.6 is 12.2 Å². The normalized spacial score (nSPS) is 10.9. The van der Waals surface area contributed by atoms with Crippen molar-refractivity contribution in [1.82, 2.24) is 5.32 Å². The molecule has 0 saturated heterocycles. The third kappa shape index (κ3) is 3.45. The van der Waals surface area contributed by atoms with Crippen LogP contribution in [-0.2, 0) is 0 Å². The smallest absolute Gasteiger partial charge is 0.170 e. The maximum absolute atomic E-state index is 5.24. The summed E-state index contributed by atoms with van der Waals surface area (Å²) in [5.41, 5.74) is 5.14. The summed E-state index contributed by atoms with van der Waals surface area (Å²) in [6.45, 7) is 11.0.